The molecule has 0 spiro atoms. The van der Waals surface area contributed by atoms with Crippen molar-refractivity contribution in [1.82, 2.24) is 19.6 Å². The minimum atomic E-state index is 0.457. The van der Waals surface area contributed by atoms with Gasteiger partial charge >= 0.3 is 0 Å². The van der Waals surface area contributed by atoms with Crippen LogP contribution in [0.5, 0.6) is 5.75 Å². The molecule has 4 aromatic rings. The fourth-order valence-corrected chi connectivity index (χ4v) is 3.86. The Kier molecular flexibility index (Phi) is 6.96. The first-order valence-corrected chi connectivity index (χ1v) is 11.2. The molecule has 2 N–H and O–H groups in total. The van der Waals surface area contributed by atoms with Crippen LogP contribution >= 0.6 is 23.8 Å². The van der Waals surface area contributed by atoms with Crippen LogP contribution in [0.3, 0.4) is 0 Å². The van der Waals surface area contributed by atoms with Crippen molar-refractivity contribution in [2.45, 2.75) is 26.9 Å². The van der Waals surface area contributed by atoms with Gasteiger partial charge < -0.3 is 15.4 Å². The molecule has 0 fully saturated rings. The molecule has 2 aromatic carbocycles. The van der Waals surface area contributed by atoms with Gasteiger partial charge in [0.15, 0.2) is 10.9 Å². The molecule has 2 aromatic heterocycles. The molecule has 0 radical (unpaired) electrons. The average Bonchev–Trinajstić information content (AvgIpc) is 3.34. The molecule has 9 heteroatoms. The van der Waals surface area contributed by atoms with Gasteiger partial charge in [-0.1, -0.05) is 35.9 Å². The highest BCUT2D eigenvalue weighted by atomic mass is 35.5. The van der Waals surface area contributed by atoms with E-state index >= 15 is 0 Å². The number of ether oxygens (including phenoxy) is 1. The van der Waals surface area contributed by atoms with Crippen LogP contribution in [-0.4, -0.2) is 31.8 Å². The number of rotatable bonds is 7. The summed E-state index contributed by atoms with van der Waals surface area (Å²) in [7, 11) is 1.67. The van der Waals surface area contributed by atoms with E-state index in [9.17, 15) is 0 Å². The number of benzene rings is 2. The molecule has 0 aliphatic heterocycles. The molecule has 0 aliphatic carbocycles. The Labute approximate surface area is 203 Å². The lowest BCUT2D eigenvalue weighted by atomic mass is 10.2. The molecule has 0 aliphatic rings. The zero-order chi connectivity index (χ0) is 23.4. The Hall–Kier alpha value is -3.36. The number of hydrogen-bond acceptors (Lipinski definition) is 4. The van der Waals surface area contributed by atoms with Crippen LogP contribution in [-0.2, 0) is 13.1 Å². The monoisotopic (exact) mass is 480 g/mol. The lowest BCUT2D eigenvalue weighted by Gasteiger charge is -2.10. The van der Waals surface area contributed by atoms with Crippen molar-refractivity contribution in [3.8, 4) is 5.75 Å². The second-order valence-corrected chi connectivity index (χ2v) is 8.50. The number of halogens is 1. The van der Waals surface area contributed by atoms with Crippen LogP contribution < -0.4 is 15.4 Å². The van der Waals surface area contributed by atoms with E-state index in [4.69, 9.17) is 28.6 Å². The maximum atomic E-state index is 5.95. The van der Waals surface area contributed by atoms with Gasteiger partial charge in [0.05, 0.1) is 37.3 Å². The first-order chi connectivity index (χ1) is 15.9. The highest BCUT2D eigenvalue weighted by molar-refractivity contribution is 7.80. The van der Waals surface area contributed by atoms with Crippen LogP contribution in [0.4, 0.5) is 11.5 Å². The standard InChI is InChI=1S/C24H25ClN6OS/c1-16-23(17(2)31(28-16)15-19-5-4-6-21(13-19)32-3)27-24(33)26-22-11-12-30(29-22)14-18-7-9-20(25)10-8-18/h4-13H,14-15H2,1-3H3,(H2,26,27,29,33). The molecule has 33 heavy (non-hydrogen) atoms. The molecule has 4 rings (SSSR count). The quantitative estimate of drug-likeness (QED) is 0.351. The SMILES string of the molecule is COc1cccc(Cn2nc(C)c(NC(=S)Nc3ccn(Cc4ccc(Cl)cc4)n3)c2C)c1. The summed E-state index contributed by atoms with van der Waals surface area (Å²) >= 11 is 11.5. The average molecular weight is 481 g/mol. The van der Waals surface area contributed by atoms with Crippen molar-refractivity contribution in [1.29, 1.82) is 0 Å². The Balaban J connectivity index is 1.39. The predicted molar refractivity (Wildman–Crippen MR) is 136 cm³/mol. The summed E-state index contributed by atoms with van der Waals surface area (Å²) in [4.78, 5) is 0. The van der Waals surface area contributed by atoms with Gasteiger partial charge in [0, 0.05) is 17.3 Å². The molecule has 0 saturated heterocycles. The van der Waals surface area contributed by atoms with Crippen molar-refractivity contribution < 1.29 is 4.74 Å². The van der Waals surface area contributed by atoms with E-state index < -0.39 is 0 Å². The zero-order valence-electron chi connectivity index (χ0n) is 18.7. The topological polar surface area (TPSA) is 68.9 Å². The van der Waals surface area contributed by atoms with Gasteiger partial charge in [0.2, 0.25) is 0 Å². The lowest BCUT2D eigenvalue weighted by Crippen LogP contribution is -2.20. The summed E-state index contributed by atoms with van der Waals surface area (Å²) in [6.45, 7) is 5.27. The lowest BCUT2D eigenvalue weighted by molar-refractivity contribution is 0.414. The van der Waals surface area contributed by atoms with E-state index in [1.165, 1.54) is 0 Å². The maximum absolute atomic E-state index is 5.95. The normalized spacial score (nSPS) is 10.8. The van der Waals surface area contributed by atoms with Crippen molar-refractivity contribution >= 4 is 40.4 Å². The largest absolute Gasteiger partial charge is 0.497 e. The minimum absolute atomic E-state index is 0.457. The summed E-state index contributed by atoms with van der Waals surface area (Å²) in [5.74, 6) is 1.49. The summed E-state index contributed by atoms with van der Waals surface area (Å²) in [6, 6.07) is 17.6. The zero-order valence-corrected chi connectivity index (χ0v) is 20.2. The van der Waals surface area contributed by atoms with E-state index in [-0.39, 0.29) is 0 Å². The highest BCUT2D eigenvalue weighted by Crippen LogP contribution is 2.22. The summed E-state index contributed by atoms with van der Waals surface area (Å²) in [5.41, 5.74) is 4.97. The predicted octanol–water partition coefficient (Wildman–Crippen LogP) is 5.26. The number of methoxy groups -OCH3 is 1. The molecule has 0 amide bonds. The number of aryl methyl sites for hydroxylation is 1. The molecule has 0 bridgehead atoms. The van der Waals surface area contributed by atoms with Gasteiger partial charge in [-0.15, -0.1) is 0 Å². The van der Waals surface area contributed by atoms with Crippen molar-refractivity contribution in [2.24, 2.45) is 0 Å². The Morgan fingerprint density at radius 2 is 1.79 bits per heavy atom. The van der Waals surface area contributed by atoms with Gasteiger partial charge in [-0.05, 0) is 61.5 Å². The number of aromatic nitrogens is 4. The summed E-state index contributed by atoms with van der Waals surface area (Å²) in [6.07, 6.45) is 1.90. The fraction of sp³-hybridized carbons (Fsp3) is 0.208. The van der Waals surface area contributed by atoms with Crippen molar-refractivity contribution in [3.05, 3.63) is 88.3 Å². The van der Waals surface area contributed by atoms with Crippen LogP contribution in [0.15, 0.2) is 60.8 Å². The summed E-state index contributed by atoms with van der Waals surface area (Å²) in [5, 5.41) is 16.8. The number of thiocarbonyl (C=S) groups is 1. The van der Waals surface area contributed by atoms with Gasteiger partial charge in [-0.3, -0.25) is 9.36 Å². The molecule has 0 unspecified atom stereocenters. The van der Waals surface area contributed by atoms with Crippen LogP contribution in [0.25, 0.3) is 0 Å². The van der Waals surface area contributed by atoms with Crippen molar-refractivity contribution in [2.75, 3.05) is 17.7 Å². The minimum Gasteiger partial charge on any atom is -0.497 e. The first-order valence-electron chi connectivity index (χ1n) is 10.4. The highest BCUT2D eigenvalue weighted by Gasteiger charge is 2.14. The van der Waals surface area contributed by atoms with Crippen LogP contribution in [0.2, 0.25) is 5.02 Å². The van der Waals surface area contributed by atoms with E-state index in [1.807, 2.05) is 77.9 Å². The molecule has 170 valence electrons. The molecule has 0 atom stereocenters. The van der Waals surface area contributed by atoms with Gasteiger partial charge in [-0.2, -0.15) is 10.2 Å². The number of hydrogen-bond donors (Lipinski definition) is 2. The Bertz CT molecular complexity index is 1260. The molecular weight excluding hydrogens is 456 g/mol. The van der Waals surface area contributed by atoms with Crippen LogP contribution in [0.1, 0.15) is 22.5 Å². The molecule has 7 nitrogen and oxygen atoms in total. The Morgan fingerprint density at radius 3 is 2.55 bits per heavy atom. The maximum Gasteiger partial charge on any atom is 0.176 e. The smallest absolute Gasteiger partial charge is 0.176 e. The third kappa shape index (κ3) is 5.71. The molecular formula is C24H25ClN6OS. The number of nitrogens with zero attached hydrogens (tertiary/aromatic N) is 4. The third-order valence-electron chi connectivity index (χ3n) is 5.23. The molecule has 2 heterocycles. The van der Waals surface area contributed by atoms with E-state index in [0.717, 1.165) is 39.0 Å². The van der Waals surface area contributed by atoms with E-state index in [0.29, 0.717) is 24.0 Å². The fourth-order valence-electron chi connectivity index (χ4n) is 3.53. The second-order valence-electron chi connectivity index (χ2n) is 7.66. The van der Waals surface area contributed by atoms with Crippen LogP contribution in [0, 0.1) is 13.8 Å². The molecule has 0 saturated carbocycles. The number of anilines is 2. The van der Waals surface area contributed by atoms with Gasteiger partial charge in [-0.25, -0.2) is 0 Å². The second kappa shape index (κ2) is 10.1. The summed E-state index contributed by atoms with van der Waals surface area (Å²) < 4.78 is 9.12. The third-order valence-corrected chi connectivity index (χ3v) is 5.68. The van der Waals surface area contributed by atoms with Gasteiger partial charge in [0.1, 0.15) is 5.75 Å². The van der Waals surface area contributed by atoms with E-state index in [2.05, 4.69) is 26.9 Å². The first kappa shape index (κ1) is 22.8. The van der Waals surface area contributed by atoms with E-state index in [1.54, 1.807) is 7.11 Å². The van der Waals surface area contributed by atoms with Crippen molar-refractivity contribution in [3.63, 3.8) is 0 Å². The van der Waals surface area contributed by atoms with Gasteiger partial charge in [0.25, 0.3) is 0 Å². The Morgan fingerprint density at radius 1 is 1.00 bits per heavy atom. The number of nitrogens with one attached hydrogen (secondary N) is 2.